The molecule has 3 aliphatic heterocycles. The molecule has 0 radical (unpaired) electrons. The standard InChI is InChI=1S/C16H32N2O/c1-2-4-7-17(8-5-3-1)9-6-10-18(12-11-17)13-15-19-16-14-18/h1-16H2/q+2. The van der Waals surface area contributed by atoms with Crippen LogP contribution in [0.15, 0.2) is 0 Å². The third-order valence-electron chi connectivity index (χ3n) is 6.00. The molecule has 0 amide bonds. The molecule has 3 fully saturated rings. The molecule has 0 saturated carbocycles. The average Bonchev–Trinajstić information content (AvgIpc) is 2.57. The van der Waals surface area contributed by atoms with Crippen molar-refractivity contribution in [2.45, 2.75) is 38.5 Å². The first kappa shape index (κ1) is 13.8. The third kappa shape index (κ3) is 3.32. The Hall–Kier alpha value is -0.120. The Labute approximate surface area is 118 Å². The average molecular weight is 268 g/mol. The molecule has 3 aliphatic rings. The summed E-state index contributed by atoms with van der Waals surface area (Å²) < 4.78 is 8.42. The van der Waals surface area contributed by atoms with E-state index in [4.69, 9.17) is 4.74 Å². The van der Waals surface area contributed by atoms with Gasteiger partial charge in [-0.15, -0.1) is 0 Å². The van der Waals surface area contributed by atoms with Gasteiger partial charge in [0.1, 0.15) is 26.2 Å². The number of nitrogens with zero attached hydrogens (tertiary/aromatic N) is 2. The highest BCUT2D eigenvalue weighted by Gasteiger charge is 2.39. The van der Waals surface area contributed by atoms with Crippen molar-refractivity contribution in [3.63, 3.8) is 0 Å². The molecule has 19 heavy (non-hydrogen) atoms. The topological polar surface area (TPSA) is 9.23 Å². The Morgan fingerprint density at radius 1 is 0.421 bits per heavy atom. The molecular formula is C16H32N2O+2. The smallest absolute Gasteiger partial charge is 0.129 e. The molecular weight excluding hydrogens is 236 g/mol. The lowest BCUT2D eigenvalue weighted by molar-refractivity contribution is -0.967. The Morgan fingerprint density at radius 3 is 1.53 bits per heavy atom. The molecule has 0 aliphatic carbocycles. The van der Waals surface area contributed by atoms with Crippen molar-refractivity contribution in [2.75, 3.05) is 65.6 Å². The molecule has 0 aromatic heterocycles. The predicted octanol–water partition coefficient (Wildman–Crippen LogP) is 2.02. The van der Waals surface area contributed by atoms with E-state index in [9.17, 15) is 0 Å². The summed E-state index contributed by atoms with van der Waals surface area (Å²) >= 11 is 0. The molecule has 3 saturated heterocycles. The summed E-state index contributed by atoms with van der Waals surface area (Å²) in [5.74, 6) is 0. The minimum absolute atomic E-state index is 1.00. The largest absolute Gasteiger partial charge is 0.370 e. The van der Waals surface area contributed by atoms with Crippen molar-refractivity contribution in [1.29, 1.82) is 0 Å². The first-order chi connectivity index (χ1) is 9.33. The molecule has 0 N–H and O–H groups in total. The summed E-state index contributed by atoms with van der Waals surface area (Å²) in [5.41, 5.74) is 0. The number of hydrogen-bond acceptors (Lipinski definition) is 1. The molecule has 0 aromatic rings. The summed E-state index contributed by atoms with van der Waals surface area (Å²) in [4.78, 5) is 0. The lowest BCUT2D eigenvalue weighted by Crippen LogP contribution is -2.58. The zero-order chi connectivity index (χ0) is 13.0. The van der Waals surface area contributed by atoms with E-state index in [2.05, 4.69) is 0 Å². The minimum atomic E-state index is 1.00. The van der Waals surface area contributed by atoms with E-state index in [-0.39, 0.29) is 0 Å². The summed E-state index contributed by atoms with van der Waals surface area (Å²) in [5, 5.41) is 0. The zero-order valence-electron chi connectivity index (χ0n) is 12.6. The second-order valence-corrected chi connectivity index (χ2v) is 7.21. The molecule has 3 heteroatoms. The molecule has 3 heterocycles. The summed E-state index contributed by atoms with van der Waals surface area (Å²) in [6.45, 7) is 13.2. The van der Waals surface area contributed by atoms with Gasteiger partial charge >= 0.3 is 0 Å². The number of quaternary nitrogens is 2. The molecule has 0 bridgehead atoms. The van der Waals surface area contributed by atoms with Gasteiger partial charge in [-0.3, -0.25) is 0 Å². The third-order valence-corrected chi connectivity index (χ3v) is 6.00. The highest BCUT2D eigenvalue weighted by atomic mass is 16.5. The first-order valence-electron chi connectivity index (χ1n) is 8.61. The van der Waals surface area contributed by atoms with Gasteiger partial charge in [0.25, 0.3) is 0 Å². The van der Waals surface area contributed by atoms with Crippen molar-refractivity contribution in [2.24, 2.45) is 0 Å². The number of hydrogen-bond donors (Lipinski definition) is 0. The van der Waals surface area contributed by atoms with Crippen LogP contribution in [0.5, 0.6) is 0 Å². The van der Waals surface area contributed by atoms with Crippen LogP contribution < -0.4 is 0 Å². The van der Waals surface area contributed by atoms with E-state index in [0.717, 1.165) is 13.2 Å². The first-order valence-corrected chi connectivity index (χ1v) is 8.61. The monoisotopic (exact) mass is 268 g/mol. The molecule has 0 aromatic carbocycles. The molecule has 3 nitrogen and oxygen atoms in total. The highest BCUT2D eigenvalue weighted by molar-refractivity contribution is 4.60. The van der Waals surface area contributed by atoms with E-state index in [1.807, 2.05) is 0 Å². The highest BCUT2D eigenvalue weighted by Crippen LogP contribution is 2.24. The van der Waals surface area contributed by atoms with Crippen LogP contribution in [0.4, 0.5) is 0 Å². The maximum atomic E-state index is 5.59. The van der Waals surface area contributed by atoms with Crippen LogP contribution in [-0.2, 0) is 4.74 Å². The van der Waals surface area contributed by atoms with Crippen LogP contribution in [0.1, 0.15) is 38.5 Å². The van der Waals surface area contributed by atoms with E-state index in [1.165, 1.54) is 99.8 Å². The quantitative estimate of drug-likeness (QED) is 0.611. The van der Waals surface area contributed by atoms with E-state index in [0.29, 0.717) is 0 Å². The Bertz CT molecular complexity index is 278. The Balaban J connectivity index is 1.64. The van der Waals surface area contributed by atoms with Gasteiger partial charge < -0.3 is 13.7 Å². The van der Waals surface area contributed by atoms with Crippen molar-refractivity contribution >= 4 is 0 Å². The second-order valence-electron chi connectivity index (χ2n) is 7.21. The van der Waals surface area contributed by atoms with E-state index < -0.39 is 0 Å². The van der Waals surface area contributed by atoms with Gasteiger partial charge in [0, 0.05) is 6.42 Å². The van der Waals surface area contributed by atoms with Crippen LogP contribution in [0, 0.1) is 0 Å². The van der Waals surface area contributed by atoms with Crippen molar-refractivity contribution < 1.29 is 13.7 Å². The van der Waals surface area contributed by atoms with Gasteiger partial charge in [-0.1, -0.05) is 6.42 Å². The van der Waals surface area contributed by atoms with Crippen molar-refractivity contribution in [3.05, 3.63) is 0 Å². The van der Waals surface area contributed by atoms with Crippen molar-refractivity contribution in [1.82, 2.24) is 0 Å². The summed E-state index contributed by atoms with van der Waals surface area (Å²) in [7, 11) is 0. The van der Waals surface area contributed by atoms with Crippen LogP contribution >= 0.6 is 0 Å². The zero-order valence-corrected chi connectivity index (χ0v) is 12.6. The van der Waals surface area contributed by atoms with Gasteiger partial charge in [-0.2, -0.15) is 0 Å². The lowest BCUT2D eigenvalue weighted by atomic mass is 10.1. The maximum Gasteiger partial charge on any atom is 0.129 e. The SMILES string of the molecule is C1CCC[N+]2(CCC1)CCC[N+]1(CCOCC1)CC2. The molecule has 110 valence electrons. The molecule has 2 spiro atoms. The summed E-state index contributed by atoms with van der Waals surface area (Å²) in [6.07, 6.45) is 8.84. The maximum absolute atomic E-state index is 5.59. The van der Waals surface area contributed by atoms with Crippen LogP contribution in [0.2, 0.25) is 0 Å². The molecule has 0 unspecified atom stereocenters. The van der Waals surface area contributed by atoms with E-state index >= 15 is 0 Å². The fraction of sp³-hybridized carbons (Fsp3) is 1.00. The second kappa shape index (κ2) is 6.11. The van der Waals surface area contributed by atoms with E-state index in [1.54, 1.807) is 0 Å². The molecule has 3 rings (SSSR count). The fourth-order valence-electron chi connectivity index (χ4n) is 4.55. The van der Waals surface area contributed by atoms with Crippen LogP contribution in [-0.4, -0.2) is 74.5 Å². The fourth-order valence-corrected chi connectivity index (χ4v) is 4.55. The Morgan fingerprint density at radius 2 is 0.895 bits per heavy atom. The lowest BCUT2D eigenvalue weighted by Gasteiger charge is -2.42. The minimum Gasteiger partial charge on any atom is -0.370 e. The number of ether oxygens (including phenoxy) is 1. The van der Waals surface area contributed by atoms with Crippen LogP contribution in [0.3, 0.4) is 0 Å². The predicted molar refractivity (Wildman–Crippen MR) is 78.0 cm³/mol. The normalized spacial score (nSPS) is 31.6. The van der Waals surface area contributed by atoms with Gasteiger partial charge in [0.2, 0.25) is 0 Å². The van der Waals surface area contributed by atoms with Gasteiger partial charge in [0.05, 0.1) is 39.4 Å². The van der Waals surface area contributed by atoms with Gasteiger partial charge in [-0.25, -0.2) is 0 Å². The number of morpholine rings is 1. The molecule has 0 atom stereocenters. The van der Waals surface area contributed by atoms with Gasteiger partial charge in [0.15, 0.2) is 0 Å². The van der Waals surface area contributed by atoms with Gasteiger partial charge in [-0.05, 0) is 25.7 Å². The number of rotatable bonds is 0. The van der Waals surface area contributed by atoms with Crippen LogP contribution in [0.25, 0.3) is 0 Å². The Kier molecular flexibility index (Phi) is 4.45. The summed E-state index contributed by atoms with van der Waals surface area (Å²) in [6, 6.07) is 0. The van der Waals surface area contributed by atoms with Crippen molar-refractivity contribution in [3.8, 4) is 0 Å².